The van der Waals surface area contributed by atoms with Crippen molar-refractivity contribution in [1.82, 2.24) is 15.2 Å². The number of carbonyl (C=O) groups excluding carboxylic acids is 1. The van der Waals surface area contributed by atoms with E-state index in [0.29, 0.717) is 11.4 Å². The summed E-state index contributed by atoms with van der Waals surface area (Å²) in [6, 6.07) is 12.5. The monoisotopic (exact) mass is 549 g/mol. The summed E-state index contributed by atoms with van der Waals surface area (Å²) >= 11 is 0.927. The van der Waals surface area contributed by atoms with Gasteiger partial charge in [-0.1, -0.05) is 24.3 Å². The lowest BCUT2D eigenvalue weighted by Gasteiger charge is -2.42. The summed E-state index contributed by atoms with van der Waals surface area (Å²) in [6.45, 7) is 6.27. The van der Waals surface area contributed by atoms with Gasteiger partial charge >= 0.3 is 12.3 Å². The average Bonchev–Trinajstić information content (AvgIpc) is 3.49. The van der Waals surface area contributed by atoms with E-state index >= 15 is 0 Å². The number of nitrogens with zero attached hydrogens (tertiary/aromatic N) is 2. The van der Waals surface area contributed by atoms with Gasteiger partial charge in [-0.15, -0.1) is 11.3 Å². The molecule has 1 unspecified atom stereocenters. The molecular formula is C28H31F4N3O2S. The van der Waals surface area contributed by atoms with Crippen LogP contribution in [0.5, 0.6) is 5.75 Å². The number of thiophene rings is 1. The van der Waals surface area contributed by atoms with Crippen molar-refractivity contribution in [3.63, 3.8) is 0 Å². The first-order chi connectivity index (χ1) is 17.9. The number of carbonyl (C=O) groups is 1. The van der Waals surface area contributed by atoms with E-state index in [1.165, 1.54) is 18.2 Å². The molecule has 2 atom stereocenters. The Labute approximate surface area is 223 Å². The van der Waals surface area contributed by atoms with Gasteiger partial charge in [-0.2, -0.15) is 17.6 Å². The molecule has 0 saturated carbocycles. The van der Waals surface area contributed by atoms with Gasteiger partial charge in [0.25, 0.3) is 0 Å². The molecule has 1 amide bonds. The van der Waals surface area contributed by atoms with Gasteiger partial charge in [0.2, 0.25) is 0 Å². The fraction of sp³-hybridized carbons (Fsp3) is 0.429. The molecule has 4 rings (SSSR count). The molecule has 0 aliphatic carbocycles. The molecule has 5 nitrogen and oxygen atoms in total. The summed E-state index contributed by atoms with van der Waals surface area (Å²) in [5.41, 5.74) is -0.219. The second kappa shape index (κ2) is 11.0. The zero-order valence-corrected chi connectivity index (χ0v) is 22.3. The Kier molecular flexibility index (Phi) is 8.13. The molecule has 1 aliphatic rings. The van der Waals surface area contributed by atoms with Gasteiger partial charge in [0.1, 0.15) is 11.8 Å². The molecule has 0 spiro atoms. The van der Waals surface area contributed by atoms with E-state index < -0.39 is 29.3 Å². The second-order valence-corrected chi connectivity index (χ2v) is 11.4. The predicted octanol–water partition coefficient (Wildman–Crippen LogP) is 6.87. The lowest BCUT2D eigenvalue weighted by atomic mass is 9.74. The Bertz CT molecular complexity index is 1230. The van der Waals surface area contributed by atoms with E-state index in [9.17, 15) is 22.4 Å². The SMILES string of the molecule is Cc1ccc(C(C)(C)N2CCC(CCc3ccc(F)s3)([C@H](NC(=O)Oc3ccccc3)C(F)(F)F)C2)cn1. The number of para-hydroxylation sites is 1. The number of hydrogen-bond acceptors (Lipinski definition) is 5. The molecule has 0 bridgehead atoms. The zero-order chi connectivity index (χ0) is 27.6. The van der Waals surface area contributed by atoms with Crippen LogP contribution in [0.25, 0.3) is 0 Å². The van der Waals surface area contributed by atoms with Crippen LogP contribution in [0, 0.1) is 17.5 Å². The standard InChI is InChI=1S/C28H31F4N3O2S/c1-19-9-10-20(17-33-19)26(2,3)35-16-15-27(18-35,14-13-22-11-12-23(29)38-22)24(28(30,31)32)34-25(36)37-21-7-5-4-6-8-21/h4-12,17,24H,13-16,18H2,1-3H3,(H,34,36)/t24-,27?/m0/s1. The van der Waals surface area contributed by atoms with Crippen LogP contribution in [-0.4, -0.2) is 41.3 Å². The van der Waals surface area contributed by atoms with Gasteiger partial charge in [0, 0.05) is 34.3 Å². The van der Waals surface area contributed by atoms with Crippen LogP contribution in [-0.2, 0) is 12.0 Å². The minimum absolute atomic E-state index is 0.0809. The molecule has 2 aromatic heterocycles. The molecule has 1 fully saturated rings. The predicted molar refractivity (Wildman–Crippen MR) is 139 cm³/mol. The number of rotatable bonds is 8. The lowest BCUT2D eigenvalue weighted by molar-refractivity contribution is -0.182. The van der Waals surface area contributed by atoms with Gasteiger partial charge in [0.05, 0.1) is 0 Å². The average molecular weight is 550 g/mol. The molecule has 3 aromatic rings. The molecule has 1 saturated heterocycles. The smallest absolute Gasteiger partial charge is 0.410 e. The van der Waals surface area contributed by atoms with E-state index in [-0.39, 0.29) is 36.7 Å². The number of amides is 1. The van der Waals surface area contributed by atoms with Crippen molar-refractivity contribution in [3.05, 3.63) is 82.1 Å². The van der Waals surface area contributed by atoms with Crippen molar-refractivity contribution < 1.29 is 27.1 Å². The Morgan fingerprint density at radius 2 is 1.89 bits per heavy atom. The maximum Gasteiger partial charge on any atom is 0.413 e. The highest BCUT2D eigenvalue weighted by Crippen LogP contribution is 2.48. The summed E-state index contributed by atoms with van der Waals surface area (Å²) in [7, 11) is 0. The fourth-order valence-electron chi connectivity index (χ4n) is 5.15. The third-order valence-electron chi connectivity index (χ3n) is 7.45. The van der Waals surface area contributed by atoms with Crippen LogP contribution in [0.2, 0.25) is 0 Å². The minimum atomic E-state index is -4.73. The first-order valence-corrected chi connectivity index (χ1v) is 13.2. The van der Waals surface area contributed by atoms with Gasteiger partial charge in [-0.25, -0.2) is 4.79 Å². The summed E-state index contributed by atoms with van der Waals surface area (Å²) < 4.78 is 62.8. The van der Waals surface area contributed by atoms with Gasteiger partial charge in [-0.05, 0) is 82.5 Å². The highest BCUT2D eigenvalue weighted by molar-refractivity contribution is 7.10. The Hall–Kier alpha value is -2.98. The van der Waals surface area contributed by atoms with Crippen LogP contribution < -0.4 is 10.1 Å². The van der Waals surface area contributed by atoms with Crippen LogP contribution in [0.4, 0.5) is 22.4 Å². The largest absolute Gasteiger partial charge is 0.413 e. The molecule has 0 radical (unpaired) electrons. The van der Waals surface area contributed by atoms with Crippen molar-refractivity contribution >= 4 is 17.4 Å². The van der Waals surface area contributed by atoms with Crippen molar-refractivity contribution in [2.24, 2.45) is 5.41 Å². The maximum absolute atomic E-state index is 14.7. The number of benzene rings is 1. The molecular weight excluding hydrogens is 518 g/mol. The van der Waals surface area contributed by atoms with E-state index in [1.807, 2.05) is 37.8 Å². The number of pyridine rings is 1. The molecule has 10 heteroatoms. The second-order valence-electron chi connectivity index (χ2n) is 10.3. The van der Waals surface area contributed by atoms with Crippen molar-refractivity contribution in [3.8, 4) is 5.75 Å². The number of nitrogens with one attached hydrogen (secondary N) is 1. The zero-order valence-electron chi connectivity index (χ0n) is 21.5. The molecule has 1 N–H and O–H groups in total. The summed E-state index contributed by atoms with van der Waals surface area (Å²) in [6.07, 6.45) is -3.58. The van der Waals surface area contributed by atoms with Gasteiger partial charge in [-0.3, -0.25) is 9.88 Å². The molecule has 1 aliphatic heterocycles. The first-order valence-electron chi connectivity index (χ1n) is 12.4. The third-order valence-corrected chi connectivity index (χ3v) is 8.38. The number of aromatic nitrogens is 1. The normalized spacial score (nSPS) is 19.3. The van der Waals surface area contributed by atoms with Gasteiger partial charge in [0.15, 0.2) is 5.13 Å². The van der Waals surface area contributed by atoms with Crippen LogP contribution >= 0.6 is 11.3 Å². The molecule has 38 heavy (non-hydrogen) atoms. The number of aryl methyl sites for hydroxylation is 2. The fourth-order valence-corrected chi connectivity index (χ4v) is 5.88. The maximum atomic E-state index is 14.7. The van der Waals surface area contributed by atoms with Crippen molar-refractivity contribution in [2.45, 2.75) is 57.8 Å². The Morgan fingerprint density at radius 3 is 2.50 bits per heavy atom. The first kappa shape index (κ1) is 28.0. The Balaban J connectivity index is 1.63. The summed E-state index contributed by atoms with van der Waals surface area (Å²) in [5.74, 6) is 0.148. The third kappa shape index (κ3) is 6.35. The number of halogens is 4. The van der Waals surface area contributed by atoms with E-state index in [4.69, 9.17) is 4.74 Å². The van der Waals surface area contributed by atoms with Crippen LogP contribution in [0.1, 0.15) is 42.8 Å². The minimum Gasteiger partial charge on any atom is -0.410 e. The highest BCUT2D eigenvalue weighted by atomic mass is 32.1. The van der Waals surface area contributed by atoms with Crippen LogP contribution in [0.3, 0.4) is 0 Å². The quantitative estimate of drug-likeness (QED) is 0.312. The molecule has 1 aromatic carbocycles. The van der Waals surface area contributed by atoms with E-state index in [1.54, 1.807) is 30.5 Å². The Morgan fingerprint density at radius 1 is 1.16 bits per heavy atom. The summed E-state index contributed by atoms with van der Waals surface area (Å²) in [4.78, 5) is 19.7. The molecule has 204 valence electrons. The van der Waals surface area contributed by atoms with E-state index in [2.05, 4.69) is 10.3 Å². The van der Waals surface area contributed by atoms with Crippen molar-refractivity contribution in [2.75, 3.05) is 13.1 Å². The number of ether oxygens (including phenoxy) is 1. The van der Waals surface area contributed by atoms with Gasteiger partial charge < -0.3 is 10.1 Å². The number of likely N-dealkylation sites (tertiary alicyclic amines) is 1. The lowest BCUT2D eigenvalue weighted by Crippen LogP contribution is -2.58. The van der Waals surface area contributed by atoms with Crippen molar-refractivity contribution in [1.29, 1.82) is 0 Å². The topological polar surface area (TPSA) is 54.5 Å². The number of alkyl halides is 3. The molecule has 3 heterocycles. The highest BCUT2D eigenvalue weighted by Gasteiger charge is 2.58. The summed E-state index contributed by atoms with van der Waals surface area (Å²) in [5, 5.41) is 1.77. The van der Waals surface area contributed by atoms with Crippen LogP contribution in [0.15, 0.2) is 60.8 Å². The van der Waals surface area contributed by atoms with E-state index in [0.717, 1.165) is 22.6 Å². The number of hydrogen-bond donors (Lipinski definition) is 1.